The molecule has 1 fully saturated rings. The molecular weight excluding hydrogens is 373 g/mol. The highest BCUT2D eigenvalue weighted by molar-refractivity contribution is 5.35. The molecule has 0 radical (unpaired) electrons. The lowest BCUT2D eigenvalue weighted by molar-refractivity contribution is -0.137. The van der Waals surface area contributed by atoms with Crippen molar-refractivity contribution in [3.63, 3.8) is 0 Å². The Labute approximate surface area is 158 Å². The molecule has 1 aliphatic rings. The Balaban J connectivity index is 1.55. The van der Waals surface area contributed by atoms with Crippen LogP contribution in [0.3, 0.4) is 0 Å². The number of pyridine rings is 2. The minimum Gasteiger partial charge on any atom is -0.437 e. The van der Waals surface area contributed by atoms with Gasteiger partial charge in [0.15, 0.2) is 0 Å². The van der Waals surface area contributed by atoms with Crippen LogP contribution < -0.4 is 4.74 Å². The molecule has 0 spiro atoms. The van der Waals surface area contributed by atoms with E-state index in [1.54, 1.807) is 24.5 Å². The molecule has 0 bridgehead atoms. The number of aliphatic hydroxyl groups is 1. The van der Waals surface area contributed by atoms with Crippen molar-refractivity contribution in [2.45, 2.75) is 24.6 Å². The maximum absolute atomic E-state index is 12.6. The van der Waals surface area contributed by atoms with Crippen LogP contribution >= 0.6 is 0 Å². The first kappa shape index (κ1) is 18.3. The second kappa shape index (κ2) is 6.83. The maximum atomic E-state index is 12.6. The Morgan fingerprint density at radius 2 is 1.64 bits per heavy atom. The van der Waals surface area contributed by atoms with Gasteiger partial charge in [-0.15, -0.1) is 0 Å². The lowest BCUT2D eigenvalue weighted by atomic mass is 9.87. The van der Waals surface area contributed by atoms with E-state index in [2.05, 4.69) is 19.9 Å². The van der Waals surface area contributed by atoms with Gasteiger partial charge in [0, 0.05) is 30.2 Å². The van der Waals surface area contributed by atoms with Crippen molar-refractivity contribution in [2.75, 3.05) is 0 Å². The molecule has 3 aromatic rings. The molecule has 1 saturated carbocycles. The van der Waals surface area contributed by atoms with Crippen LogP contribution in [0.2, 0.25) is 0 Å². The van der Waals surface area contributed by atoms with E-state index in [1.807, 2.05) is 0 Å². The first-order valence-electron chi connectivity index (χ1n) is 8.53. The second-order valence-corrected chi connectivity index (χ2v) is 6.53. The quantitative estimate of drug-likeness (QED) is 0.718. The smallest absolute Gasteiger partial charge is 0.417 e. The largest absolute Gasteiger partial charge is 0.437 e. The molecule has 3 heterocycles. The van der Waals surface area contributed by atoms with Gasteiger partial charge < -0.3 is 9.84 Å². The van der Waals surface area contributed by atoms with Crippen molar-refractivity contribution in [1.82, 2.24) is 19.9 Å². The van der Waals surface area contributed by atoms with E-state index < -0.39 is 17.3 Å². The molecule has 9 heteroatoms. The van der Waals surface area contributed by atoms with Crippen molar-refractivity contribution in [1.29, 1.82) is 0 Å². The predicted octanol–water partition coefficient (Wildman–Crippen LogP) is 3.72. The highest BCUT2D eigenvalue weighted by Crippen LogP contribution is 2.48. The van der Waals surface area contributed by atoms with Gasteiger partial charge in [-0.1, -0.05) is 0 Å². The summed E-state index contributed by atoms with van der Waals surface area (Å²) in [5, 5.41) is 11.3. The average Bonchev–Trinajstić information content (AvgIpc) is 3.54. The van der Waals surface area contributed by atoms with E-state index >= 15 is 0 Å². The Morgan fingerprint density at radius 3 is 2.18 bits per heavy atom. The molecule has 1 unspecified atom stereocenters. The number of hydrogen-bond donors (Lipinski definition) is 1. The summed E-state index contributed by atoms with van der Waals surface area (Å²) >= 11 is 0. The van der Waals surface area contributed by atoms with Crippen LogP contribution in [0, 0.1) is 5.92 Å². The van der Waals surface area contributed by atoms with E-state index in [-0.39, 0.29) is 11.8 Å². The van der Waals surface area contributed by atoms with Crippen LogP contribution in [0.4, 0.5) is 13.2 Å². The van der Waals surface area contributed by atoms with Gasteiger partial charge in [0.1, 0.15) is 17.7 Å². The topological polar surface area (TPSA) is 81.0 Å². The molecule has 144 valence electrons. The van der Waals surface area contributed by atoms with Crippen molar-refractivity contribution < 1.29 is 23.0 Å². The summed E-state index contributed by atoms with van der Waals surface area (Å²) in [6, 6.07) is 5.23. The van der Waals surface area contributed by atoms with E-state index in [9.17, 15) is 18.3 Å². The zero-order valence-corrected chi connectivity index (χ0v) is 14.5. The predicted molar refractivity (Wildman–Crippen MR) is 91.3 cm³/mol. The van der Waals surface area contributed by atoms with Crippen LogP contribution in [0.15, 0.2) is 55.4 Å². The van der Waals surface area contributed by atoms with Gasteiger partial charge in [-0.25, -0.2) is 15.0 Å². The SMILES string of the molecule is OC(c1cncnc1)(c1ccc(Oc2ccc(C(F)(F)F)cn2)cn1)C1CC1. The highest BCUT2D eigenvalue weighted by atomic mass is 19.4. The molecule has 4 rings (SSSR count). The third kappa shape index (κ3) is 3.53. The Hall–Kier alpha value is -3.07. The monoisotopic (exact) mass is 388 g/mol. The van der Waals surface area contributed by atoms with Crippen LogP contribution in [0.1, 0.15) is 29.7 Å². The van der Waals surface area contributed by atoms with Gasteiger partial charge in [-0.3, -0.25) is 4.98 Å². The molecular formula is C19H15F3N4O2. The van der Waals surface area contributed by atoms with Crippen LogP contribution in [0.5, 0.6) is 11.6 Å². The van der Waals surface area contributed by atoms with E-state index in [0.717, 1.165) is 25.0 Å². The average molecular weight is 388 g/mol. The zero-order chi connectivity index (χ0) is 19.8. The summed E-state index contributed by atoms with van der Waals surface area (Å²) in [5.41, 5.74) is -1.17. The van der Waals surface area contributed by atoms with Crippen molar-refractivity contribution in [3.05, 3.63) is 72.2 Å². The zero-order valence-electron chi connectivity index (χ0n) is 14.5. The molecule has 6 nitrogen and oxygen atoms in total. The van der Waals surface area contributed by atoms with Crippen LogP contribution in [-0.2, 0) is 11.8 Å². The molecule has 0 amide bonds. The molecule has 0 aliphatic heterocycles. The molecule has 1 aliphatic carbocycles. The number of rotatable bonds is 5. The number of hydrogen-bond acceptors (Lipinski definition) is 6. The summed E-state index contributed by atoms with van der Waals surface area (Å²) < 4.78 is 43.2. The summed E-state index contributed by atoms with van der Waals surface area (Å²) in [5.74, 6) is 0.323. The van der Waals surface area contributed by atoms with E-state index in [0.29, 0.717) is 23.2 Å². The summed E-state index contributed by atoms with van der Waals surface area (Å²) in [6.45, 7) is 0. The second-order valence-electron chi connectivity index (χ2n) is 6.53. The lowest BCUT2D eigenvalue weighted by Crippen LogP contribution is -2.31. The third-order valence-electron chi connectivity index (χ3n) is 4.58. The number of alkyl halides is 3. The number of nitrogens with zero attached hydrogens (tertiary/aromatic N) is 4. The van der Waals surface area contributed by atoms with Gasteiger partial charge in [-0.05, 0) is 37.0 Å². The summed E-state index contributed by atoms with van der Waals surface area (Å²) in [4.78, 5) is 15.9. The number of halogens is 3. The Morgan fingerprint density at radius 1 is 0.893 bits per heavy atom. The fourth-order valence-electron chi connectivity index (χ4n) is 2.98. The minimum absolute atomic E-state index is 0.0106. The molecule has 3 aromatic heterocycles. The fraction of sp³-hybridized carbons (Fsp3) is 0.263. The number of ether oxygens (including phenoxy) is 1. The highest BCUT2D eigenvalue weighted by Gasteiger charge is 2.48. The summed E-state index contributed by atoms with van der Waals surface area (Å²) in [7, 11) is 0. The Bertz CT molecular complexity index is 946. The molecule has 28 heavy (non-hydrogen) atoms. The van der Waals surface area contributed by atoms with E-state index in [4.69, 9.17) is 4.74 Å². The van der Waals surface area contributed by atoms with Gasteiger partial charge in [0.2, 0.25) is 5.88 Å². The molecule has 1 atom stereocenters. The van der Waals surface area contributed by atoms with Crippen LogP contribution in [0.25, 0.3) is 0 Å². The first-order valence-corrected chi connectivity index (χ1v) is 8.53. The van der Waals surface area contributed by atoms with Crippen molar-refractivity contribution in [3.8, 4) is 11.6 Å². The van der Waals surface area contributed by atoms with Gasteiger partial charge >= 0.3 is 6.18 Å². The minimum atomic E-state index is -4.46. The fourth-order valence-corrected chi connectivity index (χ4v) is 2.98. The molecule has 0 aromatic carbocycles. The van der Waals surface area contributed by atoms with Gasteiger partial charge in [0.25, 0.3) is 0 Å². The third-order valence-corrected chi connectivity index (χ3v) is 4.58. The summed E-state index contributed by atoms with van der Waals surface area (Å²) in [6.07, 6.45) is 3.88. The van der Waals surface area contributed by atoms with Gasteiger partial charge in [0.05, 0.1) is 17.5 Å². The van der Waals surface area contributed by atoms with Gasteiger partial charge in [-0.2, -0.15) is 13.2 Å². The van der Waals surface area contributed by atoms with Crippen LogP contribution in [-0.4, -0.2) is 25.0 Å². The van der Waals surface area contributed by atoms with Crippen molar-refractivity contribution >= 4 is 0 Å². The first-order chi connectivity index (χ1) is 13.4. The number of aromatic nitrogens is 4. The standard InChI is InChI=1S/C19H15F3N4O2/c20-19(21,22)13-3-6-17(26-9-13)28-15-4-5-16(25-10-15)18(27,12-1-2-12)14-7-23-11-24-8-14/h3-12,27H,1-2H2. The van der Waals surface area contributed by atoms with E-state index in [1.165, 1.54) is 12.5 Å². The normalized spacial score (nSPS) is 16.4. The molecule has 1 N–H and O–H groups in total. The Kier molecular flexibility index (Phi) is 4.46. The maximum Gasteiger partial charge on any atom is 0.417 e. The lowest BCUT2D eigenvalue weighted by Gasteiger charge is -2.27. The molecule has 0 saturated heterocycles. The van der Waals surface area contributed by atoms with Crippen molar-refractivity contribution in [2.24, 2.45) is 5.92 Å².